The molecule has 2 aromatic carbocycles. The maximum Gasteiger partial charge on any atom is 0.335 e. The summed E-state index contributed by atoms with van der Waals surface area (Å²) in [5, 5.41) is 12.8. The molecule has 3 rings (SSSR count). The predicted molar refractivity (Wildman–Crippen MR) is 104 cm³/mol. The summed E-state index contributed by atoms with van der Waals surface area (Å²) < 4.78 is 2.11. The largest absolute Gasteiger partial charge is 0.478 e. The van der Waals surface area contributed by atoms with Crippen LogP contribution in [0.3, 0.4) is 0 Å². The number of carboxylic acids is 1. The minimum atomic E-state index is -0.986. The van der Waals surface area contributed by atoms with Crippen molar-refractivity contribution in [2.75, 3.05) is 0 Å². The van der Waals surface area contributed by atoms with Crippen molar-refractivity contribution < 1.29 is 14.7 Å². The molecule has 0 aliphatic rings. The fourth-order valence-corrected chi connectivity index (χ4v) is 2.78. The molecule has 6 nitrogen and oxygen atoms in total. The fraction of sp³-hybridized carbons (Fsp3) is 0.0952. The maximum atomic E-state index is 12.2. The van der Waals surface area contributed by atoms with Crippen molar-refractivity contribution in [3.63, 3.8) is 0 Å². The molecule has 0 saturated carbocycles. The zero-order valence-electron chi connectivity index (χ0n) is 15.0. The molecule has 0 aliphatic carbocycles. The molecule has 0 fully saturated rings. The normalized spacial score (nSPS) is 10.9. The number of nitrogens with one attached hydrogen (secondary N) is 1. The summed E-state index contributed by atoms with van der Waals surface area (Å²) in [5.41, 5.74) is 7.11. The van der Waals surface area contributed by atoms with Gasteiger partial charge in [0.2, 0.25) is 0 Å². The lowest BCUT2D eigenvalue weighted by Crippen LogP contribution is -2.17. The van der Waals surface area contributed by atoms with Crippen LogP contribution in [0.15, 0.2) is 65.8 Å². The first-order chi connectivity index (χ1) is 13.0. The Balaban J connectivity index is 1.65. The zero-order chi connectivity index (χ0) is 19.4. The predicted octanol–water partition coefficient (Wildman–Crippen LogP) is 3.56. The van der Waals surface area contributed by atoms with Crippen LogP contribution in [-0.2, 0) is 0 Å². The Kier molecular flexibility index (Phi) is 5.17. The quantitative estimate of drug-likeness (QED) is 0.538. The Morgan fingerprint density at radius 2 is 1.44 bits per heavy atom. The minimum Gasteiger partial charge on any atom is -0.478 e. The first-order valence-corrected chi connectivity index (χ1v) is 8.38. The molecular weight excluding hydrogens is 342 g/mol. The molecule has 27 heavy (non-hydrogen) atoms. The number of carbonyl (C=O) groups excluding carboxylic acids is 1. The standard InChI is InChI=1S/C21H19N3O3/c1-14-3-4-15(2)24(14)19-11-9-17(10-12-19)20(25)23-22-13-16-5-7-18(8-6-16)21(26)27/h3-13H,1-2H3,(H,23,25)(H,26,27). The van der Waals surface area contributed by atoms with E-state index in [9.17, 15) is 9.59 Å². The number of hydrogen-bond donors (Lipinski definition) is 2. The lowest BCUT2D eigenvalue weighted by atomic mass is 10.1. The van der Waals surface area contributed by atoms with Crippen molar-refractivity contribution in [1.82, 2.24) is 9.99 Å². The highest BCUT2D eigenvalue weighted by Crippen LogP contribution is 2.16. The van der Waals surface area contributed by atoms with E-state index in [0.29, 0.717) is 11.1 Å². The third-order valence-electron chi connectivity index (χ3n) is 4.20. The summed E-state index contributed by atoms with van der Waals surface area (Å²) in [5.74, 6) is -1.30. The van der Waals surface area contributed by atoms with Crippen LogP contribution < -0.4 is 5.43 Å². The van der Waals surface area contributed by atoms with Gasteiger partial charge in [-0.1, -0.05) is 12.1 Å². The number of aryl methyl sites for hydroxylation is 2. The van der Waals surface area contributed by atoms with E-state index in [-0.39, 0.29) is 11.5 Å². The lowest BCUT2D eigenvalue weighted by Gasteiger charge is -2.10. The van der Waals surface area contributed by atoms with E-state index in [1.165, 1.54) is 18.3 Å². The molecular formula is C21H19N3O3. The second kappa shape index (κ2) is 7.70. The molecule has 3 aromatic rings. The van der Waals surface area contributed by atoms with Gasteiger partial charge < -0.3 is 9.67 Å². The smallest absolute Gasteiger partial charge is 0.335 e. The van der Waals surface area contributed by atoms with Crippen LogP contribution in [-0.4, -0.2) is 27.8 Å². The van der Waals surface area contributed by atoms with Gasteiger partial charge in [-0.2, -0.15) is 5.10 Å². The summed E-state index contributed by atoms with van der Waals surface area (Å²) in [7, 11) is 0. The summed E-state index contributed by atoms with van der Waals surface area (Å²) in [6.07, 6.45) is 1.46. The van der Waals surface area contributed by atoms with Crippen molar-refractivity contribution in [2.45, 2.75) is 13.8 Å². The third-order valence-corrected chi connectivity index (χ3v) is 4.20. The highest BCUT2D eigenvalue weighted by Gasteiger charge is 2.07. The van der Waals surface area contributed by atoms with Gasteiger partial charge in [-0.15, -0.1) is 0 Å². The molecule has 136 valence electrons. The topological polar surface area (TPSA) is 83.7 Å². The van der Waals surface area contributed by atoms with Gasteiger partial charge in [0.25, 0.3) is 5.91 Å². The lowest BCUT2D eigenvalue weighted by molar-refractivity contribution is 0.0696. The second-order valence-electron chi connectivity index (χ2n) is 6.12. The van der Waals surface area contributed by atoms with E-state index in [1.54, 1.807) is 24.3 Å². The van der Waals surface area contributed by atoms with Gasteiger partial charge in [-0.05, 0) is 67.9 Å². The molecule has 0 saturated heterocycles. The Morgan fingerprint density at radius 1 is 0.889 bits per heavy atom. The van der Waals surface area contributed by atoms with Crippen molar-refractivity contribution in [3.8, 4) is 5.69 Å². The number of rotatable bonds is 5. The Hall–Kier alpha value is -3.67. The number of nitrogens with zero attached hydrogens (tertiary/aromatic N) is 2. The molecule has 1 aromatic heterocycles. The number of carboxylic acid groups (broad SMARTS) is 1. The van der Waals surface area contributed by atoms with Crippen LogP contribution >= 0.6 is 0 Å². The Labute approximate surface area is 156 Å². The first-order valence-electron chi connectivity index (χ1n) is 8.38. The van der Waals surface area contributed by atoms with E-state index in [1.807, 2.05) is 38.1 Å². The van der Waals surface area contributed by atoms with Crippen LogP contribution in [0.2, 0.25) is 0 Å². The van der Waals surface area contributed by atoms with Gasteiger partial charge in [-0.3, -0.25) is 4.79 Å². The summed E-state index contributed by atoms with van der Waals surface area (Å²) in [4.78, 5) is 23.0. The molecule has 0 bridgehead atoms. The molecule has 2 N–H and O–H groups in total. The van der Waals surface area contributed by atoms with Crippen molar-refractivity contribution in [2.24, 2.45) is 5.10 Å². The average molecular weight is 361 g/mol. The van der Waals surface area contributed by atoms with Crippen LogP contribution in [0, 0.1) is 13.8 Å². The van der Waals surface area contributed by atoms with Gasteiger partial charge in [-0.25, -0.2) is 10.2 Å². The minimum absolute atomic E-state index is 0.199. The monoisotopic (exact) mass is 361 g/mol. The van der Waals surface area contributed by atoms with Crippen molar-refractivity contribution in [3.05, 3.63) is 88.7 Å². The van der Waals surface area contributed by atoms with E-state index in [4.69, 9.17) is 5.11 Å². The van der Waals surface area contributed by atoms with E-state index in [2.05, 4.69) is 15.1 Å². The number of hydrogen-bond acceptors (Lipinski definition) is 3. The van der Waals surface area contributed by atoms with Crippen LogP contribution in [0.1, 0.15) is 37.7 Å². The maximum absolute atomic E-state index is 12.2. The second-order valence-corrected chi connectivity index (χ2v) is 6.12. The zero-order valence-corrected chi connectivity index (χ0v) is 15.0. The molecule has 0 aliphatic heterocycles. The fourth-order valence-electron chi connectivity index (χ4n) is 2.78. The molecule has 0 radical (unpaired) electrons. The van der Waals surface area contributed by atoms with Crippen LogP contribution in [0.5, 0.6) is 0 Å². The molecule has 1 heterocycles. The SMILES string of the molecule is Cc1ccc(C)n1-c1ccc(C(=O)NN=Cc2ccc(C(=O)O)cc2)cc1. The number of carbonyl (C=O) groups is 2. The Bertz CT molecular complexity index is 981. The van der Waals surface area contributed by atoms with Gasteiger partial charge in [0.1, 0.15) is 0 Å². The van der Waals surface area contributed by atoms with Gasteiger partial charge in [0.05, 0.1) is 11.8 Å². The summed E-state index contributed by atoms with van der Waals surface area (Å²) in [6, 6.07) is 17.6. The molecule has 0 atom stereocenters. The van der Waals surface area contributed by atoms with E-state index < -0.39 is 5.97 Å². The first kappa shape index (κ1) is 18.1. The third kappa shape index (κ3) is 4.12. The number of aromatic nitrogens is 1. The van der Waals surface area contributed by atoms with E-state index in [0.717, 1.165) is 17.1 Å². The summed E-state index contributed by atoms with van der Waals surface area (Å²) >= 11 is 0. The highest BCUT2D eigenvalue weighted by molar-refractivity contribution is 5.95. The highest BCUT2D eigenvalue weighted by atomic mass is 16.4. The van der Waals surface area contributed by atoms with Gasteiger partial charge >= 0.3 is 5.97 Å². The molecule has 1 amide bonds. The number of hydrazone groups is 1. The van der Waals surface area contributed by atoms with Crippen molar-refractivity contribution >= 4 is 18.1 Å². The number of aromatic carboxylic acids is 1. The molecule has 0 unspecified atom stereocenters. The number of amides is 1. The molecule has 0 spiro atoms. The average Bonchev–Trinajstić information content (AvgIpc) is 3.00. The van der Waals surface area contributed by atoms with Crippen LogP contribution in [0.25, 0.3) is 5.69 Å². The van der Waals surface area contributed by atoms with Gasteiger partial charge in [0.15, 0.2) is 0 Å². The van der Waals surface area contributed by atoms with Crippen molar-refractivity contribution in [1.29, 1.82) is 0 Å². The molecule has 6 heteroatoms. The van der Waals surface area contributed by atoms with E-state index >= 15 is 0 Å². The van der Waals surface area contributed by atoms with Gasteiger partial charge in [0, 0.05) is 22.6 Å². The van der Waals surface area contributed by atoms with Crippen LogP contribution in [0.4, 0.5) is 0 Å². The summed E-state index contributed by atoms with van der Waals surface area (Å²) in [6.45, 7) is 4.07. The Morgan fingerprint density at radius 3 is 2.00 bits per heavy atom. The number of benzene rings is 2.